The molecular formula is C19H12Cl4O5S. The Labute approximate surface area is 186 Å². The summed E-state index contributed by atoms with van der Waals surface area (Å²) in [5, 5.41) is 20.0. The Morgan fingerprint density at radius 1 is 0.759 bits per heavy atom. The third-order valence-electron chi connectivity index (χ3n) is 4.39. The molecule has 152 valence electrons. The number of aromatic hydroxyl groups is 2. The average Bonchev–Trinajstić information content (AvgIpc) is 2.61. The number of phenolic OH excluding ortho intramolecular Hbond substituents is 2. The minimum Gasteiger partial charge on any atom is -0.508 e. The molecule has 0 bridgehead atoms. The molecular weight excluding hydrogens is 482 g/mol. The lowest BCUT2D eigenvalue weighted by atomic mass is 9.83. The molecule has 0 aliphatic carbocycles. The second-order valence-corrected chi connectivity index (χ2v) is 9.31. The van der Waals surface area contributed by atoms with E-state index in [4.69, 9.17) is 46.4 Å². The van der Waals surface area contributed by atoms with Crippen molar-refractivity contribution in [1.29, 1.82) is 0 Å². The summed E-state index contributed by atoms with van der Waals surface area (Å²) < 4.78 is 34.0. The number of halogens is 4. The lowest BCUT2D eigenvalue weighted by molar-refractivity contribution is 0.440. The molecule has 3 aromatic rings. The van der Waals surface area contributed by atoms with Gasteiger partial charge in [-0.15, -0.1) is 0 Å². The molecule has 0 amide bonds. The van der Waals surface area contributed by atoms with Crippen LogP contribution < -0.4 is 0 Å². The highest BCUT2D eigenvalue weighted by atomic mass is 35.5. The molecule has 0 saturated heterocycles. The summed E-state index contributed by atoms with van der Waals surface area (Å²) in [4.78, 5) is 0. The number of benzene rings is 3. The molecule has 0 heterocycles. The molecule has 0 radical (unpaired) electrons. The third kappa shape index (κ3) is 3.65. The van der Waals surface area contributed by atoms with Gasteiger partial charge in [-0.2, -0.15) is 8.42 Å². The van der Waals surface area contributed by atoms with Gasteiger partial charge in [-0.1, -0.05) is 64.6 Å². The number of rotatable bonds is 4. The van der Waals surface area contributed by atoms with Crippen LogP contribution in [-0.2, 0) is 14.9 Å². The van der Waals surface area contributed by atoms with Crippen molar-refractivity contribution in [3.05, 3.63) is 91.4 Å². The van der Waals surface area contributed by atoms with Crippen molar-refractivity contribution in [3.8, 4) is 11.5 Å². The first-order chi connectivity index (χ1) is 13.5. The van der Waals surface area contributed by atoms with Crippen molar-refractivity contribution >= 4 is 56.5 Å². The topological polar surface area (TPSA) is 94.8 Å². The van der Waals surface area contributed by atoms with Crippen LogP contribution in [0.15, 0.2) is 54.6 Å². The fraction of sp³-hybridized carbons (Fsp3) is 0.0526. The van der Waals surface area contributed by atoms with Crippen LogP contribution in [0, 0.1) is 0 Å². The van der Waals surface area contributed by atoms with Crippen LogP contribution in [0.25, 0.3) is 0 Å². The predicted octanol–water partition coefficient (Wildman–Crippen LogP) is 5.89. The molecule has 0 spiro atoms. The second-order valence-electron chi connectivity index (χ2n) is 6.09. The van der Waals surface area contributed by atoms with E-state index in [1.807, 2.05) is 0 Å². The Morgan fingerprint density at radius 3 is 1.86 bits per heavy atom. The molecule has 1 atom stereocenters. The molecule has 0 fully saturated rings. The van der Waals surface area contributed by atoms with E-state index in [0.29, 0.717) is 0 Å². The maximum Gasteiger partial charge on any atom is 0.283 e. The summed E-state index contributed by atoms with van der Waals surface area (Å²) in [6.45, 7) is 0. The van der Waals surface area contributed by atoms with Gasteiger partial charge in [0.15, 0.2) is 10.5 Å². The van der Waals surface area contributed by atoms with Gasteiger partial charge in [-0.25, -0.2) is 0 Å². The second kappa shape index (κ2) is 7.87. The normalized spacial score (nSPS) is 13.8. The summed E-state index contributed by atoms with van der Waals surface area (Å²) >= 11 is 24.4. The van der Waals surface area contributed by atoms with Gasteiger partial charge in [-0.05, 0) is 47.5 Å². The predicted molar refractivity (Wildman–Crippen MR) is 114 cm³/mol. The zero-order valence-corrected chi connectivity index (χ0v) is 18.1. The van der Waals surface area contributed by atoms with Crippen molar-refractivity contribution in [2.24, 2.45) is 0 Å². The van der Waals surface area contributed by atoms with Gasteiger partial charge < -0.3 is 10.2 Å². The molecule has 3 aromatic carbocycles. The smallest absolute Gasteiger partial charge is 0.283 e. The zero-order chi connectivity index (χ0) is 21.6. The average molecular weight is 494 g/mol. The highest BCUT2D eigenvalue weighted by Gasteiger charge is 2.51. The van der Waals surface area contributed by atoms with E-state index in [0.717, 1.165) is 12.1 Å². The van der Waals surface area contributed by atoms with Crippen LogP contribution in [0.3, 0.4) is 0 Å². The Kier molecular flexibility index (Phi) is 5.98. The van der Waals surface area contributed by atoms with Crippen molar-refractivity contribution in [2.45, 2.75) is 4.75 Å². The molecule has 10 heteroatoms. The van der Waals surface area contributed by atoms with Crippen molar-refractivity contribution in [3.63, 3.8) is 0 Å². The van der Waals surface area contributed by atoms with Gasteiger partial charge in [0.05, 0.1) is 10.0 Å². The van der Waals surface area contributed by atoms with Gasteiger partial charge in [0.25, 0.3) is 10.1 Å². The highest BCUT2D eigenvalue weighted by Crippen LogP contribution is 2.51. The molecule has 5 nitrogen and oxygen atoms in total. The van der Waals surface area contributed by atoms with Crippen LogP contribution in [0.5, 0.6) is 11.5 Å². The SMILES string of the molecule is O=S(=O)(O)C(c1cccc(Cl)c1)(c1cc(Cl)c(O)c(Cl)c1)c1c(O)cccc1Cl. The van der Waals surface area contributed by atoms with Crippen molar-refractivity contribution in [1.82, 2.24) is 0 Å². The van der Waals surface area contributed by atoms with E-state index >= 15 is 0 Å². The van der Waals surface area contributed by atoms with Gasteiger partial charge in [-0.3, -0.25) is 4.55 Å². The molecule has 1 unspecified atom stereocenters. The summed E-state index contributed by atoms with van der Waals surface area (Å²) in [6.07, 6.45) is 0. The van der Waals surface area contributed by atoms with E-state index in [9.17, 15) is 23.2 Å². The lowest BCUT2D eigenvalue weighted by Crippen LogP contribution is -2.38. The first kappa shape index (κ1) is 22.0. The van der Waals surface area contributed by atoms with Crippen molar-refractivity contribution < 1.29 is 23.2 Å². The van der Waals surface area contributed by atoms with Crippen LogP contribution in [0.2, 0.25) is 20.1 Å². The third-order valence-corrected chi connectivity index (χ3v) is 6.96. The number of hydrogen-bond donors (Lipinski definition) is 3. The molecule has 0 aliphatic rings. The monoisotopic (exact) mass is 492 g/mol. The largest absolute Gasteiger partial charge is 0.508 e. The Balaban J connectivity index is 2.63. The van der Waals surface area contributed by atoms with Crippen LogP contribution in [0.1, 0.15) is 16.7 Å². The Bertz CT molecular complexity index is 1170. The van der Waals surface area contributed by atoms with E-state index in [1.165, 1.54) is 42.5 Å². The maximum absolute atomic E-state index is 13.0. The fourth-order valence-electron chi connectivity index (χ4n) is 3.22. The Morgan fingerprint density at radius 2 is 1.34 bits per heavy atom. The first-order valence-electron chi connectivity index (χ1n) is 7.89. The van der Waals surface area contributed by atoms with Crippen LogP contribution in [0.4, 0.5) is 0 Å². The van der Waals surface area contributed by atoms with Gasteiger partial charge in [0, 0.05) is 15.6 Å². The van der Waals surface area contributed by atoms with Crippen LogP contribution >= 0.6 is 46.4 Å². The minimum absolute atomic E-state index is 0.0336. The lowest BCUT2D eigenvalue weighted by Gasteiger charge is -2.34. The first-order valence-corrected chi connectivity index (χ1v) is 10.8. The van der Waals surface area contributed by atoms with Gasteiger partial charge >= 0.3 is 0 Å². The Hall–Kier alpha value is -1.67. The zero-order valence-electron chi connectivity index (χ0n) is 14.3. The fourth-order valence-corrected chi connectivity index (χ4v) is 5.58. The maximum atomic E-state index is 13.0. The summed E-state index contributed by atoms with van der Waals surface area (Å²) in [5.41, 5.74) is -0.531. The summed E-state index contributed by atoms with van der Waals surface area (Å²) in [5.74, 6) is -0.980. The van der Waals surface area contributed by atoms with Crippen molar-refractivity contribution in [2.75, 3.05) is 0 Å². The summed E-state index contributed by atoms with van der Waals surface area (Å²) in [6, 6.07) is 11.9. The molecule has 0 aliphatic heterocycles. The number of phenols is 2. The molecule has 0 aromatic heterocycles. The quantitative estimate of drug-likeness (QED) is 0.311. The summed E-state index contributed by atoms with van der Waals surface area (Å²) in [7, 11) is -5.10. The van der Waals surface area contributed by atoms with Crippen LogP contribution in [-0.4, -0.2) is 23.2 Å². The molecule has 0 saturated carbocycles. The van der Waals surface area contributed by atoms with E-state index in [2.05, 4.69) is 0 Å². The standard InChI is InChI=1S/C19H12Cl4O5S/c20-12-4-1-3-10(7-12)19(29(26,27)28,17-13(21)5-2-6-16(17)24)11-8-14(22)18(25)15(23)9-11/h1-9,24-25H,(H,26,27,28). The number of hydrogen-bond acceptors (Lipinski definition) is 4. The van der Waals surface area contributed by atoms with E-state index in [-0.39, 0.29) is 36.8 Å². The molecule has 3 rings (SSSR count). The van der Waals surface area contributed by atoms with E-state index < -0.39 is 26.4 Å². The van der Waals surface area contributed by atoms with Gasteiger partial charge in [0.2, 0.25) is 0 Å². The van der Waals surface area contributed by atoms with Gasteiger partial charge in [0.1, 0.15) is 5.75 Å². The molecule has 3 N–H and O–H groups in total. The highest BCUT2D eigenvalue weighted by molar-refractivity contribution is 7.87. The minimum atomic E-state index is -5.10. The molecule has 29 heavy (non-hydrogen) atoms. The van der Waals surface area contributed by atoms with E-state index in [1.54, 1.807) is 0 Å².